The Morgan fingerprint density at radius 3 is 2.08 bits per heavy atom. The molecule has 6 heteroatoms. The third-order valence-corrected chi connectivity index (χ3v) is 12.9. The number of aromatic hydroxyl groups is 1. The van der Waals surface area contributed by atoms with Crippen molar-refractivity contribution in [3.63, 3.8) is 0 Å². The molecular formula is C44H44N3OPtSi-. The van der Waals surface area contributed by atoms with E-state index in [0.717, 1.165) is 60.9 Å². The van der Waals surface area contributed by atoms with Crippen LogP contribution in [-0.4, -0.2) is 27.7 Å². The topological polar surface area (TPSA) is 50.9 Å². The molecular weight excluding hydrogens is 810 g/mol. The van der Waals surface area contributed by atoms with Crippen molar-refractivity contribution in [3.8, 4) is 33.8 Å². The van der Waals surface area contributed by atoms with Gasteiger partial charge in [0.05, 0.1) is 11.2 Å². The number of nitrogens with zero attached hydrogens (tertiary/aromatic N) is 3. The minimum absolute atomic E-state index is 0. The van der Waals surface area contributed by atoms with E-state index < -0.39 is 8.07 Å². The summed E-state index contributed by atoms with van der Waals surface area (Å²) in [4.78, 5) is 10.2. The summed E-state index contributed by atoms with van der Waals surface area (Å²) >= 11 is 0. The first-order valence-electron chi connectivity index (χ1n) is 17.1. The van der Waals surface area contributed by atoms with Crippen LogP contribution in [0, 0.1) is 6.07 Å². The van der Waals surface area contributed by atoms with Gasteiger partial charge in [-0.15, -0.1) is 34.5 Å². The van der Waals surface area contributed by atoms with E-state index in [4.69, 9.17) is 9.97 Å². The molecule has 0 unspecified atom stereocenters. The molecule has 4 nitrogen and oxygen atoms in total. The average molecular weight is 854 g/mol. The predicted molar refractivity (Wildman–Crippen MR) is 208 cm³/mol. The summed E-state index contributed by atoms with van der Waals surface area (Å²) in [6.45, 7) is 17.8. The summed E-state index contributed by atoms with van der Waals surface area (Å²) in [5, 5.41) is 16.5. The van der Waals surface area contributed by atoms with Gasteiger partial charge in [-0.1, -0.05) is 127 Å². The number of hydrogen-bond donors (Lipinski definition) is 1. The number of rotatable bonds is 5. The molecule has 1 N–H and O–H groups in total. The van der Waals surface area contributed by atoms with Gasteiger partial charge < -0.3 is 5.11 Å². The zero-order chi connectivity index (χ0) is 34.7. The Morgan fingerprint density at radius 2 is 1.40 bits per heavy atom. The molecule has 0 aliphatic carbocycles. The van der Waals surface area contributed by atoms with Gasteiger partial charge in [0.2, 0.25) is 0 Å². The van der Waals surface area contributed by atoms with Gasteiger partial charge in [-0.2, -0.15) is 0 Å². The first-order chi connectivity index (χ1) is 23.2. The number of aromatic nitrogens is 3. The van der Waals surface area contributed by atoms with E-state index in [1.165, 1.54) is 10.8 Å². The molecule has 0 radical (unpaired) electrons. The number of fused-ring (bicyclic) bond motifs is 3. The number of para-hydroxylation sites is 1. The van der Waals surface area contributed by atoms with Crippen LogP contribution < -0.4 is 10.5 Å². The first-order valence-corrected chi connectivity index (χ1v) is 20.1. The number of benzene rings is 4. The van der Waals surface area contributed by atoms with Crippen molar-refractivity contribution in [2.24, 2.45) is 0 Å². The SMILES string of the molecule is CC(C)(C)c1cc(-n2c3ccccc3c3ccc(-c4[c-]c([Si](C)(C)c5ccccn5)cc(-c5ccccc5)c4)nc32)c(O)c(C(C)(C)C)c1.[Pt]. The summed E-state index contributed by atoms with van der Waals surface area (Å²) in [6.07, 6.45) is 1.88. The maximum atomic E-state index is 12.0. The number of phenolic OH excluding ortho intramolecular Hbond substituents is 1. The number of hydrogen-bond acceptors (Lipinski definition) is 3. The van der Waals surface area contributed by atoms with Crippen LogP contribution in [0.25, 0.3) is 50.0 Å². The number of phenols is 1. The molecule has 0 amide bonds. The van der Waals surface area contributed by atoms with Gasteiger partial charge in [0, 0.05) is 48.9 Å². The van der Waals surface area contributed by atoms with Crippen molar-refractivity contribution in [3.05, 3.63) is 133 Å². The number of pyridine rings is 2. The molecule has 0 spiro atoms. The van der Waals surface area contributed by atoms with Gasteiger partial charge in [-0.05, 0) is 51.9 Å². The summed E-state index contributed by atoms with van der Waals surface area (Å²) in [7, 11) is -2.22. The van der Waals surface area contributed by atoms with Gasteiger partial charge in [0.1, 0.15) is 19.5 Å². The smallest absolute Gasteiger partial charge is 0.143 e. The molecule has 0 aliphatic heterocycles. The van der Waals surface area contributed by atoms with E-state index in [0.29, 0.717) is 5.75 Å². The second-order valence-corrected chi connectivity index (χ2v) is 20.0. The predicted octanol–water partition coefficient (Wildman–Crippen LogP) is 9.83. The molecule has 0 atom stereocenters. The molecule has 256 valence electrons. The summed E-state index contributed by atoms with van der Waals surface area (Å²) < 4.78 is 2.16. The van der Waals surface area contributed by atoms with Crippen molar-refractivity contribution >= 4 is 40.5 Å². The Hall–Kier alpha value is -4.31. The molecule has 0 aliphatic rings. The molecule has 7 rings (SSSR count). The third-order valence-electron chi connectivity index (χ3n) is 9.76. The van der Waals surface area contributed by atoms with Gasteiger partial charge in [-0.3, -0.25) is 14.5 Å². The average Bonchev–Trinajstić information content (AvgIpc) is 3.41. The van der Waals surface area contributed by atoms with Gasteiger partial charge >= 0.3 is 0 Å². The third kappa shape index (κ3) is 6.38. The molecule has 4 aromatic carbocycles. The molecule has 0 bridgehead atoms. The Labute approximate surface area is 311 Å². The van der Waals surface area contributed by atoms with E-state index in [2.05, 4.69) is 168 Å². The van der Waals surface area contributed by atoms with Crippen LogP contribution in [0.3, 0.4) is 0 Å². The van der Waals surface area contributed by atoms with Crippen LogP contribution in [0.15, 0.2) is 115 Å². The molecule has 3 aromatic heterocycles. The summed E-state index contributed by atoms with van der Waals surface area (Å²) in [5.41, 5.74) is 8.34. The van der Waals surface area contributed by atoms with E-state index >= 15 is 0 Å². The molecule has 0 saturated heterocycles. The van der Waals surface area contributed by atoms with E-state index in [9.17, 15) is 5.11 Å². The Bertz CT molecular complexity index is 2330. The fourth-order valence-corrected chi connectivity index (χ4v) is 8.89. The zero-order valence-corrected chi connectivity index (χ0v) is 33.3. The molecule has 0 fully saturated rings. The van der Waals surface area contributed by atoms with Crippen LogP contribution >= 0.6 is 0 Å². The molecule has 50 heavy (non-hydrogen) atoms. The largest absolute Gasteiger partial charge is 0.505 e. The maximum Gasteiger partial charge on any atom is 0.143 e. The second-order valence-electron chi connectivity index (χ2n) is 15.7. The van der Waals surface area contributed by atoms with Crippen LogP contribution in [0.5, 0.6) is 5.75 Å². The van der Waals surface area contributed by atoms with Crippen molar-refractivity contribution in [2.75, 3.05) is 0 Å². The van der Waals surface area contributed by atoms with Crippen molar-refractivity contribution in [2.45, 2.75) is 65.5 Å². The van der Waals surface area contributed by atoms with Crippen molar-refractivity contribution in [1.82, 2.24) is 14.5 Å². The van der Waals surface area contributed by atoms with Crippen molar-refractivity contribution < 1.29 is 26.2 Å². The monoisotopic (exact) mass is 853 g/mol. The Balaban J connectivity index is 0.00000432. The molecule has 0 saturated carbocycles. The zero-order valence-electron chi connectivity index (χ0n) is 30.1. The maximum absolute atomic E-state index is 12.0. The van der Waals surface area contributed by atoms with Crippen LogP contribution in [-0.2, 0) is 31.9 Å². The Morgan fingerprint density at radius 1 is 0.700 bits per heavy atom. The van der Waals surface area contributed by atoms with Gasteiger partial charge in [-0.25, -0.2) is 0 Å². The second kappa shape index (κ2) is 13.1. The van der Waals surface area contributed by atoms with Crippen LogP contribution in [0.4, 0.5) is 0 Å². The summed E-state index contributed by atoms with van der Waals surface area (Å²) in [5.74, 6) is 0.290. The van der Waals surface area contributed by atoms with Crippen LogP contribution in [0.1, 0.15) is 52.7 Å². The van der Waals surface area contributed by atoms with Crippen molar-refractivity contribution in [1.29, 1.82) is 0 Å². The quantitative estimate of drug-likeness (QED) is 0.139. The summed E-state index contributed by atoms with van der Waals surface area (Å²) in [6, 6.07) is 42.1. The Kier molecular flexibility index (Phi) is 9.30. The first kappa shape index (κ1) is 35.5. The van der Waals surface area contributed by atoms with E-state index in [1.54, 1.807) is 0 Å². The molecule has 7 aromatic rings. The standard InChI is InChI=1S/C44H44N3OSi.Pt/c1-43(2,3)32-27-36(44(4,5)6)41(48)39(28-32)47-38-19-13-12-18-34(38)35-21-22-37(46-42(35)47)31-24-30(29-16-10-9-11-17-29)25-33(26-31)49(7,8)40-20-14-15-23-45-40;/h9-25,27-28,48H,1-8H3;/q-1;. The van der Waals surface area contributed by atoms with Gasteiger partial charge in [0.25, 0.3) is 0 Å². The minimum Gasteiger partial charge on any atom is -0.505 e. The minimum atomic E-state index is -2.22. The fraction of sp³-hybridized carbons (Fsp3) is 0.227. The van der Waals surface area contributed by atoms with Gasteiger partial charge in [0.15, 0.2) is 0 Å². The fourth-order valence-electron chi connectivity index (χ4n) is 6.74. The molecule has 3 heterocycles. The van der Waals surface area contributed by atoms with E-state index in [-0.39, 0.29) is 31.9 Å². The normalized spacial score (nSPS) is 12.3. The van der Waals surface area contributed by atoms with E-state index in [1.807, 2.05) is 12.3 Å². The van der Waals surface area contributed by atoms with Crippen LogP contribution in [0.2, 0.25) is 13.1 Å².